The standard InChI is InChI=1S/C11H10F3.Li/c1-7-4-9(8-2-3-8)6-10(5-7)11(12,13)14;/h4-6,8H,1-3H2;/q-1;+1. The smallest absolute Gasteiger partial charge is 0.199 e. The molecule has 0 nitrogen and oxygen atoms in total. The van der Waals surface area contributed by atoms with Crippen LogP contribution in [0.2, 0.25) is 0 Å². The quantitative estimate of drug-likeness (QED) is 0.470. The van der Waals surface area contributed by atoms with E-state index in [0.29, 0.717) is 11.5 Å². The van der Waals surface area contributed by atoms with E-state index in [9.17, 15) is 13.2 Å². The van der Waals surface area contributed by atoms with E-state index < -0.39 is 11.7 Å². The molecule has 1 aromatic rings. The van der Waals surface area contributed by atoms with Crippen LogP contribution < -0.4 is 18.9 Å². The SMILES string of the molecule is [CH2-]c1cc(C2CC2)cc(C(F)(F)F)c1.[Li+]. The summed E-state index contributed by atoms with van der Waals surface area (Å²) in [5.41, 5.74) is 0.651. The summed E-state index contributed by atoms with van der Waals surface area (Å²) in [6, 6.07) is 4.07. The summed E-state index contributed by atoms with van der Waals surface area (Å²) < 4.78 is 37.2. The van der Waals surface area contributed by atoms with E-state index >= 15 is 0 Å². The van der Waals surface area contributed by atoms with Crippen molar-refractivity contribution in [1.29, 1.82) is 0 Å². The van der Waals surface area contributed by atoms with Gasteiger partial charge >= 0.3 is 25.0 Å². The molecular formula is C11H10F3Li. The summed E-state index contributed by atoms with van der Waals surface area (Å²) in [4.78, 5) is 0. The molecule has 1 aliphatic rings. The number of alkyl halides is 3. The molecule has 0 spiro atoms. The van der Waals surface area contributed by atoms with Gasteiger partial charge in [-0.3, -0.25) is 0 Å². The fraction of sp³-hybridized carbons (Fsp3) is 0.364. The summed E-state index contributed by atoms with van der Waals surface area (Å²) in [6.45, 7) is 3.57. The summed E-state index contributed by atoms with van der Waals surface area (Å²) in [5, 5.41) is 0. The minimum absolute atomic E-state index is 0. The van der Waals surface area contributed by atoms with Crippen molar-refractivity contribution >= 4 is 0 Å². The van der Waals surface area contributed by atoms with Crippen LogP contribution in [0.1, 0.15) is 35.4 Å². The third-order valence-electron chi connectivity index (χ3n) is 2.39. The number of hydrogen-bond donors (Lipinski definition) is 0. The van der Waals surface area contributed by atoms with Crippen LogP contribution in [0.15, 0.2) is 18.2 Å². The summed E-state index contributed by atoms with van der Waals surface area (Å²) in [5.74, 6) is 0.331. The zero-order valence-electron chi connectivity index (χ0n) is 8.56. The average molecular weight is 206 g/mol. The van der Waals surface area contributed by atoms with Crippen LogP contribution in [0.25, 0.3) is 0 Å². The molecule has 4 heteroatoms. The molecule has 1 saturated carbocycles. The second-order valence-corrected chi connectivity index (χ2v) is 3.74. The van der Waals surface area contributed by atoms with E-state index in [1.54, 1.807) is 6.07 Å². The Hall–Kier alpha value is -0.523. The monoisotopic (exact) mass is 206 g/mol. The molecule has 1 fully saturated rings. The normalized spacial score (nSPS) is 15.9. The van der Waals surface area contributed by atoms with Gasteiger partial charge < -0.3 is 0 Å². The van der Waals surface area contributed by atoms with Crippen LogP contribution in [-0.2, 0) is 6.18 Å². The molecule has 0 aromatic heterocycles. The maximum Gasteiger partial charge on any atom is 1.00 e. The van der Waals surface area contributed by atoms with Crippen molar-refractivity contribution in [2.24, 2.45) is 0 Å². The fourth-order valence-electron chi connectivity index (χ4n) is 1.53. The molecule has 0 heterocycles. The Balaban J connectivity index is 0.00000112. The third kappa shape index (κ3) is 2.96. The van der Waals surface area contributed by atoms with Gasteiger partial charge in [0.15, 0.2) is 0 Å². The van der Waals surface area contributed by atoms with E-state index in [4.69, 9.17) is 0 Å². The summed E-state index contributed by atoms with van der Waals surface area (Å²) in [7, 11) is 0. The Bertz CT molecular complexity index is 353. The van der Waals surface area contributed by atoms with Crippen LogP contribution in [0, 0.1) is 6.92 Å². The Morgan fingerprint density at radius 2 is 1.73 bits per heavy atom. The van der Waals surface area contributed by atoms with Gasteiger partial charge in [-0.05, 0) is 24.3 Å². The molecule has 0 unspecified atom stereocenters. The molecule has 0 bridgehead atoms. The summed E-state index contributed by atoms with van der Waals surface area (Å²) >= 11 is 0. The van der Waals surface area contributed by atoms with Crippen molar-refractivity contribution in [3.05, 3.63) is 41.8 Å². The van der Waals surface area contributed by atoms with Crippen LogP contribution >= 0.6 is 0 Å². The van der Waals surface area contributed by atoms with Crippen molar-refractivity contribution in [3.63, 3.8) is 0 Å². The Kier molecular flexibility index (Phi) is 3.47. The molecule has 0 amide bonds. The number of halogens is 3. The first kappa shape index (κ1) is 12.5. The Labute approximate surface area is 99.0 Å². The largest absolute Gasteiger partial charge is 1.00 e. The Morgan fingerprint density at radius 3 is 2.20 bits per heavy atom. The van der Waals surface area contributed by atoms with Gasteiger partial charge in [-0.15, -0.1) is 5.56 Å². The maximum absolute atomic E-state index is 12.4. The molecule has 1 aliphatic carbocycles. The molecule has 0 atom stereocenters. The molecule has 0 radical (unpaired) electrons. The first-order chi connectivity index (χ1) is 6.47. The van der Waals surface area contributed by atoms with Gasteiger partial charge in [0.05, 0.1) is 0 Å². The maximum atomic E-state index is 12.4. The van der Waals surface area contributed by atoms with E-state index in [-0.39, 0.29) is 18.9 Å². The number of benzene rings is 1. The van der Waals surface area contributed by atoms with Crippen molar-refractivity contribution in [3.8, 4) is 0 Å². The van der Waals surface area contributed by atoms with Gasteiger partial charge in [0.2, 0.25) is 0 Å². The van der Waals surface area contributed by atoms with E-state index in [1.165, 1.54) is 6.07 Å². The van der Waals surface area contributed by atoms with Gasteiger partial charge in [0.25, 0.3) is 0 Å². The van der Waals surface area contributed by atoms with Crippen molar-refractivity contribution in [1.82, 2.24) is 0 Å². The molecule has 1 aromatic carbocycles. The van der Waals surface area contributed by atoms with Crippen LogP contribution in [0.5, 0.6) is 0 Å². The molecule has 0 saturated heterocycles. The van der Waals surface area contributed by atoms with Crippen molar-refractivity contribution in [2.45, 2.75) is 24.9 Å². The summed E-state index contributed by atoms with van der Waals surface area (Å²) in [6.07, 6.45) is -2.25. The predicted octanol–water partition coefficient (Wildman–Crippen LogP) is 0.769. The first-order valence-electron chi connectivity index (χ1n) is 4.51. The molecule has 76 valence electrons. The van der Waals surface area contributed by atoms with Crippen LogP contribution in [-0.4, -0.2) is 0 Å². The van der Waals surface area contributed by atoms with Gasteiger partial charge in [-0.2, -0.15) is 37.8 Å². The minimum Gasteiger partial charge on any atom is -0.199 e. The molecule has 15 heavy (non-hydrogen) atoms. The molecule has 0 N–H and O–H groups in total. The van der Waals surface area contributed by atoms with Gasteiger partial charge in [-0.1, -0.05) is 6.07 Å². The topological polar surface area (TPSA) is 0 Å². The van der Waals surface area contributed by atoms with E-state index in [2.05, 4.69) is 6.92 Å². The van der Waals surface area contributed by atoms with E-state index in [0.717, 1.165) is 24.5 Å². The fourth-order valence-corrected chi connectivity index (χ4v) is 1.53. The number of hydrogen-bond acceptors (Lipinski definition) is 0. The first-order valence-corrected chi connectivity index (χ1v) is 4.51. The predicted molar refractivity (Wildman–Crippen MR) is 47.9 cm³/mol. The molecule has 2 rings (SSSR count). The van der Waals surface area contributed by atoms with Crippen LogP contribution in [0.4, 0.5) is 13.2 Å². The zero-order valence-corrected chi connectivity index (χ0v) is 8.56. The van der Waals surface area contributed by atoms with E-state index in [1.807, 2.05) is 0 Å². The van der Waals surface area contributed by atoms with Gasteiger partial charge in [0.1, 0.15) is 0 Å². The molecule has 0 aliphatic heterocycles. The van der Waals surface area contributed by atoms with Gasteiger partial charge in [-0.25, -0.2) is 0 Å². The minimum atomic E-state index is -4.25. The van der Waals surface area contributed by atoms with Crippen LogP contribution in [0.3, 0.4) is 0 Å². The Morgan fingerprint density at radius 1 is 1.13 bits per heavy atom. The third-order valence-corrected chi connectivity index (χ3v) is 2.39. The average Bonchev–Trinajstić information content (AvgIpc) is 2.83. The van der Waals surface area contributed by atoms with Crippen molar-refractivity contribution in [2.75, 3.05) is 0 Å². The van der Waals surface area contributed by atoms with Gasteiger partial charge in [0, 0.05) is 0 Å². The second-order valence-electron chi connectivity index (χ2n) is 3.74. The zero-order chi connectivity index (χ0) is 10.3. The molecular weight excluding hydrogens is 196 g/mol. The number of rotatable bonds is 1. The second kappa shape index (κ2) is 4.15. The van der Waals surface area contributed by atoms with Crippen molar-refractivity contribution < 1.29 is 32.0 Å².